The van der Waals surface area contributed by atoms with Crippen LogP contribution in [0.4, 0.5) is 13.2 Å². The molecule has 0 saturated heterocycles. The SMILES string of the molecule is C=N/C(=C\C(=C/Cc1ccc(Cl)nc1)C(C)(C)N)C(O)(CNC(=O)c1ccc(OC2CC2)c(OC)c1)C(F)(F)F.CC. The van der Waals surface area contributed by atoms with Crippen LogP contribution in [-0.4, -0.2) is 59.8 Å². The second kappa shape index (κ2) is 14.7. The molecule has 1 unspecified atom stereocenters. The maximum atomic E-state index is 14.3. The van der Waals surface area contributed by atoms with E-state index in [-0.39, 0.29) is 29.4 Å². The van der Waals surface area contributed by atoms with E-state index in [1.54, 1.807) is 32.1 Å². The first-order valence-electron chi connectivity index (χ1n) is 13.4. The van der Waals surface area contributed by atoms with Gasteiger partial charge >= 0.3 is 6.18 Å². The summed E-state index contributed by atoms with van der Waals surface area (Å²) in [6.07, 6.45) is 1.09. The number of allylic oxidation sites excluding steroid dienone is 1. The Morgan fingerprint density at radius 1 is 1.24 bits per heavy atom. The third-order valence-electron chi connectivity index (χ3n) is 6.19. The molecule has 1 aliphatic carbocycles. The number of nitrogens with zero attached hydrogens (tertiary/aromatic N) is 2. The Morgan fingerprint density at radius 3 is 2.40 bits per heavy atom. The highest BCUT2D eigenvalue weighted by atomic mass is 35.5. The number of hydrogen-bond donors (Lipinski definition) is 3. The van der Waals surface area contributed by atoms with Gasteiger partial charge in [-0.3, -0.25) is 9.79 Å². The number of aliphatic hydroxyl groups is 1. The van der Waals surface area contributed by atoms with Crippen LogP contribution < -0.4 is 20.5 Å². The summed E-state index contributed by atoms with van der Waals surface area (Å²) >= 11 is 5.81. The first-order chi connectivity index (χ1) is 19.7. The predicted molar refractivity (Wildman–Crippen MR) is 158 cm³/mol. The topological polar surface area (TPSA) is 119 Å². The zero-order chi connectivity index (χ0) is 31.7. The van der Waals surface area contributed by atoms with Crippen molar-refractivity contribution in [3.8, 4) is 11.5 Å². The summed E-state index contributed by atoms with van der Waals surface area (Å²) in [5, 5.41) is 13.4. The molecule has 1 fully saturated rings. The number of nitrogens with two attached hydrogens (primary N) is 1. The summed E-state index contributed by atoms with van der Waals surface area (Å²) in [6.45, 7) is 9.19. The summed E-state index contributed by atoms with van der Waals surface area (Å²) in [5.41, 5.74) is 1.70. The van der Waals surface area contributed by atoms with Gasteiger partial charge in [-0.05, 0) is 81.3 Å². The van der Waals surface area contributed by atoms with E-state index in [0.29, 0.717) is 10.9 Å². The molecule has 3 rings (SSSR count). The molecule has 2 aromatic rings. The predicted octanol–water partition coefficient (Wildman–Crippen LogP) is 5.83. The fourth-order valence-electron chi connectivity index (χ4n) is 3.62. The van der Waals surface area contributed by atoms with Gasteiger partial charge in [-0.15, -0.1) is 0 Å². The number of amides is 1. The Morgan fingerprint density at radius 2 is 1.90 bits per heavy atom. The van der Waals surface area contributed by atoms with E-state index in [4.69, 9.17) is 26.8 Å². The van der Waals surface area contributed by atoms with Gasteiger partial charge in [0.15, 0.2) is 11.5 Å². The van der Waals surface area contributed by atoms with E-state index >= 15 is 0 Å². The van der Waals surface area contributed by atoms with Crippen LogP contribution >= 0.6 is 11.6 Å². The fraction of sp³-hybridized carbons (Fsp3) is 0.433. The van der Waals surface area contributed by atoms with Crippen molar-refractivity contribution in [2.75, 3.05) is 13.7 Å². The molecule has 0 aliphatic heterocycles. The molecule has 1 heterocycles. The Bertz CT molecular complexity index is 1290. The maximum absolute atomic E-state index is 14.3. The molecule has 1 atom stereocenters. The highest BCUT2D eigenvalue weighted by Crippen LogP contribution is 2.38. The minimum absolute atomic E-state index is 0.0156. The molecule has 42 heavy (non-hydrogen) atoms. The van der Waals surface area contributed by atoms with Crippen molar-refractivity contribution in [2.45, 2.75) is 70.4 Å². The average Bonchev–Trinajstić information content (AvgIpc) is 3.76. The molecule has 0 spiro atoms. The van der Waals surface area contributed by atoms with Crippen LogP contribution in [0, 0.1) is 0 Å². The van der Waals surface area contributed by atoms with Crippen molar-refractivity contribution < 1.29 is 32.5 Å². The van der Waals surface area contributed by atoms with Crippen molar-refractivity contribution in [1.29, 1.82) is 0 Å². The number of halogens is 4. The molecule has 1 aliphatic rings. The number of methoxy groups -OCH3 is 1. The van der Waals surface area contributed by atoms with Crippen molar-refractivity contribution in [3.05, 3.63) is 76.2 Å². The molecule has 0 bridgehead atoms. The van der Waals surface area contributed by atoms with Crippen molar-refractivity contribution in [2.24, 2.45) is 10.7 Å². The highest BCUT2D eigenvalue weighted by molar-refractivity contribution is 6.29. The smallest absolute Gasteiger partial charge is 0.424 e. The van der Waals surface area contributed by atoms with E-state index < -0.39 is 35.5 Å². The number of aliphatic imine (C=N–C) groups is 1. The van der Waals surface area contributed by atoms with E-state index in [1.807, 2.05) is 13.8 Å². The molecule has 1 amide bonds. The lowest BCUT2D eigenvalue weighted by Crippen LogP contribution is -2.54. The number of aromatic nitrogens is 1. The zero-order valence-electron chi connectivity index (χ0n) is 24.4. The zero-order valence-corrected chi connectivity index (χ0v) is 25.1. The van der Waals surface area contributed by atoms with Crippen LogP contribution in [0.15, 0.2) is 64.9 Å². The fourth-order valence-corrected chi connectivity index (χ4v) is 3.74. The standard InChI is InChI=1S/C28H32ClF3N4O4.C2H6/c1-26(2,33)19(8-5-17-6-12-24(29)35-15-17)14-23(34-3)27(38,28(30,31)32)16-36-25(37)18-7-11-21(22(13-18)39-4)40-20-9-10-20;1-2/h6-8,11-15,20,38H,3,5,9-10,16,33H2,1-2,4H3,(H,36,37);1-2H3/b19-8+,23-14-;. The molecular weight excluding hydrogens is 573 g/mol. The quantitative estimate of drug-likeness (QED) is 0.158. The second-order valence-corrected chi connectivity index (χ2v) is 10.4. The molecule has 230 valence electrons. The van der Waals surface area contributed by atoms with Crippen LogP contribution in [-0.2, 0) is 6.42 Å². The van der Waals surface area contributed by atoms with E-state index in [2.05, 4.69) is 22.0 Å². The van der Waals surface area contributed by atoms with Crippen LogP contribution in [0.3, 0.4) is 0 Å². The largest absolute Gasteiger partial charge is 0.493 e. The number of nitrogens with one attached hydrogen (secondary N) is 1. The summed E-state index contributed by atoms with van der Waals surface area (Å²) in [4.78, 5) is 20.3. The van der Waals surface area contributed by atoms with Crippen molar-refractivity contribution in [3.63, 3.8) is 0 Å². The molecule has 1 saturated carbocycles. The van der Waals surface area contributed by atoms with Gasteiger partial charge in [0.2, 0.25) is 5.60 Å². The third-order valence-corrected chi connectivity index (χ3v) is 6.42. The average molecular weight is 611 g/mol. The third kappa shape index (κ3) is 9.30. The molecule has 0 radical (unpaired) electrons. The number of carbonyl (C=O) groups excluding carboxylic acids is 1. The number of hydrogen-bond acceptors (Lipinski definition) is 7. The van der Waals surface area contributed by atoms with Crippen LogP contribution in [0.2, 0.25) is 5.15 Å². The van der Waals surface area contributed by atoms with Gasteiger partial charge < -0.3 is 25.6 Å². The summed E-state index contributed by atoms with van der Waals surface area (Å²) in [5.74, 6) is -0.185. The van der Waals surface area contributed by atoms with Crippen molar-refractivity contribution >= 4 is 24.2 Å². The highest BCUT2D eigenvalue weighted by Gasteiger charge is 2.57. The second-order valence-electron chi connectivity index (χ2n) is 9.99. The first kappa shape index (κ1) is 34.8. The molecule has 8 nitrogen and oxygen atoms in total. The molecule has 12 heteroatoms. The van der Waals surface area contributed by atoms with E-state index in [1.165, 1.54) is 31.5 Å². The summed E-state index contributed by atoms with van der Waals surface area (Å²) < 4.78 is 53.8. The number of benzene rings is 1. The maximum Gasteiger partial charge on any atom is 0.424 e. The van der Waals surface area contributed by atoms with Gasteiger partial charge in [-0.25, -0.2) is 4.98 Å². The lowest BCUT2D eigenvalue weighted by molar-refractivity contribution is -0.241. The normalized spacial score (nSPS) is 15.6. The van der Waals surface area contributed by atoms with E-state index in [0.717, 1.165) is 24.5 Å². The Balaban J connectivity index is 0.00000301. The van der Waals surface area contributed by atoms with Crippen LogP contribution in [0.25, 0.3) is 0 Å². The molecule has 1 aromatic carbocycles. The molecular formula is C30H38ClF3N4O4. The van der Waals surface area contributed by atoms with Gasteiger partial charge in [0.1, 0.15) is 5.15 Å². The number of pyridine rings is 1. The lowest BCUT2D eigenvalue weighted by Gasteiger charge is -2.32. The Hall–Kier alpha value is -3.41. The first-order valence-corrected chi connectivity index (χ1v) is 13.8. The Labute approximate surface area is 249 Å². The van der Waals surface area contributed by atoms with Crippen molar-refractivity contribution in [1.82, 2.24) is 10.3 Å². The number of ether oxygens (including phenoxy) is 2. The lowest BCUT2D eigenvalue weighted by atomic mass is 9.89. The van der Waals surface area contributed by atoms with E-state index in [9.17, 15) is 23.1 Å². The minimum Gasteiger partial charge on any atom is -0.493 e. The number of rotatable bonds is 12. The van der Waals surface area contributed by atoms with Gasteiger partial charge in [-0.1, -0.05) is 37.6 Å². The minimum atomic E-state index is -5.23. The summed E-state index contributed by atoms with van der Waals surface area (Å²) in [6, 6.07) is 7.55. The summed E-state index contributed by atoms with van der Waals surface area (Å²) in [7, 11) is 1.39. The van der Waals surface area contributed by atoms with Gasteiger partial charge in [-0.2, -0.15) is 13.2 Å². The monoisotopic (exact) mass is 610 g/mol. The number of alkyl halides is 3. The Kier molecular flexibility index (Phi) is 12.1. The molecule has 1 aromatic heterocycles. The van der Waals surface area contributed by atoms with Gasteiger partial charge in [0.25, 0.3) is 5.91 Å². The van der Waals surface area contributed by atoms with Crippen LogP contribution in [0.5, 0.6) is 11.5 Å². The van der Waals surface area contributed by atoms with Crippen LogP contribution in [0.1, 0.15) is 56.5 Å². The van der Waals surface area contributed by atoms with Gasteiger partial charge in [0.05, 0.1) is 25.5 Å². The number of carbonyl (C=O) groups is 1. The molecule has 4 N–H and O–H groups in total. The van der Waals surface area contributed by atoms with Gasteiger partial charge in [0, 0.05) is 17.3 Å².